The lowest BCUT2D eigenvalue weighted by atomic mass is 9.92. The van der Waals surface area contributed by atoms with Crippen molar-refractivity contribution >= 4 is 5.91 Å². The molecule has 3 nitrogen and oxygen atoms in total. The van der Waals surface area contributed by atoms with Crippen LogP contribution >= 0.6 is 0 Å². The Bertz CT molecular complexity index is 418. The van der Waals surface area contributed by atoms with Gasteiger partial charge in [-0.15, -0.1) is 0 Å². The van der Waals surface area contributed by atoms with Crippen LogP contribution in [-0.4, -0.2) is 35.1 Å². The third kappa shape index (κ3) is 4.07. The highest BCUT2D eigenvalue weighted by molar-refractivity contribution is 5.76. The second-order valence-electron chi connectivity index (χ2n) is 5.70. The Labute approximate surface area is 121 Å². The summed E-state index contributed by atoms with van der Waals surface area (Å²) in [5.74, 6) is 0.494. The lowest BCUT2D eigenvalue weighted by Gasteiger charge is -2.35. The topological polar surface area (TPSA) is 40.5 Å². The lowest BCUT2D eigenvalue weighted by molar-refractivity contribution is -0.135. The summed E-state index contributed by atoms with van der Waals surface area (Å²) in [4.78, 5) is 14.1. The first-order valence-corrected chi connectivity index (χ1v) is 7.70. The van der Waals surface area contributed by atoms with Crippen LogP contribution in [0.15, 0.2) is 30.3 Å². The minimum Gasteiger partial charge on any atom is -0.393 e. The summed E-state index contributed by atoms with van der Waals surface area (Å²) in [5, 5.41) is 9.86. The zero-order chi connectivity index (χ0) is 14.4. The van der Waals surface area contributed by atoms with Crippen LogP contribution < -0.4 is 0 Å². The average Bonchev–Trinajstić information content (AvgIpc) is 2.48. The predicted octanol–water partition coefficient (Wildman–Crippen LogP) is 2.63. The minimum absolute atomic E-state index is 0.228. The number of amides is 1. The van der Waals surface area contributed by atoms with E-state index in [1.165, 1.54) is 5.56 Å². The van der Waals surface area contributed by atoms with E-state index in [1.807, 2.05) is 23.1 Å². The molecule has 2 unspecified atom stereocenters. The van der Waals surface area contributed by atoms with Crippen molar-refractivity contribution in [2.45, 2.75) is 45.1 Å². The van der Waals surface area contributed by atoms with Gasteiger partial charge in [0.15, 0.2) is 0 Å². The van der Waals surface area contributed by atoms with E-state index in [0.717, 1.165) is 32.2 Å². The first-order valence-electron chi connectivity index (χ1n) is 7.70. The second-order valence-corrected chi connectivity index (χ2v) is 5.70. The third-order valence-electron chi connectivity index (χ3n) is 4.27. The molecule has 110 valence electrons. The van der Waals surface area contributed by atoms with Gasteiger partial charge in [-0.25, -0.2) is 0 Å². The van der Waals surface area contributed by atoms with Crippen LogP contribution in [0.1, 0.15) is 38.2 Å². The monoisotopic (exact) mass is 275 g/mol. The molecule has 20 heavy (non-hydrogen) atoms. The Hall–Kier alpha value is -1.35. The number of hydrogen-bond donors (Lipinski definition) is 1. The standard InChI is InChI=1S/C17H25NO2/c1-2-15-13-18(12-11-16(15)19)17(20)10-6-9-14-7-4-3-5-8-14/h3-5,7-8,15-16,19H,2,6,9-13H2,1H3. The molecule has 0 saturated carbocycles. The van der Waals surface area contributed by atoms with Gasteiger partial charge in [0.2, 0.25) is 5.91 Å². The van der Waals surface area contributed by atoms with Crippen molar-refractivity contribution < 1.29 is 9.90 Å². The molecule has 0 bridgehead atoms. The van der Waals surface area contributed by atoms with Crippen molar-refractivity contribution in [3.8, 4) is 0 Å². The summed E-state index contributed by atoms with van der Waals surface area (Å²) in [6.45, 7) is 3.51. The molecular weight excluding hydrogens is 250 g/mol. The number of carbonyl (C=O) groups excluding carboxylic acids is 1. The number of aliphatic hydroxyl groups is 1. The van der Waals surface area contributed by atoms with Gasteiger partial charge in [0, 0.05) is 25.4 Å². The van der Waals surface area contributed by atoms with Gasteiger partial charge in [-0.3, -0.25) is 4.79 Å². The normalized spacial score (nSPS) is 22.8. The third-order valence-corrected chi connectivity index (χ3v) is 4.27. The highest BCUT2D eigenvalue weighted by Crippen LogP contribution is 2.21. The molecule has 0 radical (unpaired) electrons. The number of nitrogens with zero attached hydrogens (tertiary/aromatic N) is 1. The number of benzene rings is 1. The Balaban J connectivity index is 1.75. The molecule has 1 aliphatic heterocycles. The molecule has 2 atom stereocenters. The smallest absolute Gasteiger partial charge is 0.222 e. The number of rotatable bonds is 5. The van der Waals surface area contributed by atoms with Crippen LogP contribution in [0.2, 0.25) is 0 Å². The van der Waals surface area contributed by atoms with Gasteiger partial charge in [-0.05, 0) is 31.2 Å². The maximum Gasteiger partial charge on any atom is 0.222 e. The molecule has 1 aliphatic rings. The molecule has 1 saturated heterocycles. The van der Waals surface area contributed by atoms with E-state index in [1.54, 1.807) is 0 Å². The minimum atomic E-state index is -0.228. The molecule has 2 rings (SSSR count). The van der Waals surface area contributed by atoms with Crippen LogP contribution in [0.4, 0.5) is 0 Å². The SMILES string of the molecule is CCC1CN(C(=O)CCCc2ccccc2)CCC1O. The first-order chi connectivity index (χ1) is 9.70. The Morgan fingerprint density at radius 3 is 2.80 bits per heavy atom. The first kappa shape index (κ1) is 15.0. The highest BCUT2D eigenvalue weighted by atomic mass is 16.3. The van der Waals surface area contributed by atoms with Crippen LogP contribution in [-0.2, 0) is 11.2 Å². The molecule has 3 heteroatoms. The maximum atomic E-state index is 12.2. The summed E-state index contributed by atoms with van der Waals surface area (Å²) in [6.07, 6.45) is 3.91. The van der Waals surface area contributed by atoms with E-state index >= 15 is 0 Å². The van der Waals surface area contributed by atoms with Crippen molar-refractivity contribution in [1.82, 2.24) is 4.90 Å². The van der Waals surface area contributed by atoms with Gasteiger partial charge in [-0.2, -0.15) is 0 Å². The number of likely N-dealkylation sites (tertiary alicyclic amines) is 1. The second kappa shape index (κ2) is 7.44. The molecule has 1 amide bonds. The number of carbonyl (C=O) groups is 1. The molecule has 1 heterocycles. The lowest BCUT2D eigenvalue weighted by Crippen LogP contribution is -2.45. The molecule has 1 N–H and O–H groups in total. The summed E-state index contributed by atoms with van der Waals surface area (Å²) in [7, 11) is 0. The molecular formula is C17H25NO2. The van der Waals surface area contributed by atoms with Gasteiger partial charge in [0.25, 0.3) is 0 Å². The quantitative estimate of drug-likeness (QED) is 0.897. The molecule has 0 aliphatic carbocycles. The molecule has 1 aromatic carbocycles. The largest absolute Gasteiger partial charge is 0.393 e. The van der Waals surface area contributed by atoms with Crippen molar-refractivity contribution in [3.05, 3.63) is 35.9 Å². The molecule has 0 spiro atoms. The van der Waals surface area contributed by atoms with E-state index in [4.69, 9.17) is 0 Å². The van der Waals surface area contributed by atoms with Gasteiger partial charge < -0.3 is 10.0 Å². The fourth-order valence-corrected chi connectivity index (χ4v) is 2.89. The van der Waals surface area contributed by atoms with Crippen molar-refractivity contribution in [2.75, 3.05) is 13.1 Å². The van der Waals surface area contributed by atoms with Crippen LogP contribution in [0, 0.1) is 5.92 Å². The van der Waals surface area contributed by atoms with Gasteiger partial charge in [0.05, 0.1) is 6.10 Å². The highest BCUT2D eigenvalue weighted by Gasteiger charge is 2.28. The summed E-state index contributed by atoms with van der Waals surface area (Å²) < 4.78 is 0. The maximum absolute atomic E-state index is 12.2. The fourth-order valence-electron chi connectivity index (χ4n) is 2.89. The van der Waals surface area contributed by atoms with Crippen LogP contribution in [0.3, 0.4) is 0 Å². The molecule has 0 aromatic heterocycles. The van der Waals surface area contributed by atoms with E-state index in [9.17, 15) is 9.90 Å². The number of aryl methyl sites for hydroxylation is 1. The van der Waals surface area contributed by atoms with Crippen LogP contribution in [0.5, 0.6) is 0 Å². The van der Waals surface area contributed by atoms with E-state index in [2.05, 4.69) is 19.1 Å². The predicted molar refractivity (Wildman–Crippen MR) is 80.4 cm³/mol. The summed E-state index contributed by atoms with van der Waals surface area (Å²) in [6, 6.07) is 10.3. The van der Waals surface area contributed by atoms with Gasteiger partial charge in [-0.1, -0.05) is 37.3 Å². The van der Waals surface area contributed by atoms with Crippen molar-refractivity contribution in [3.63, 3.8) is 0 Å². The van der Waals surface area contributed by atoms with E-state index < -0.39 is 0 Å². The zero-order valence-corrected chi connectivity index (χ0v) is 12.3. The Morgan fingerprint density at radius 2 is 2.10 bits per heavy atom. The summed E-state index contributed by atoms with van der Waals surface area (Å²) >= 11 is 0. The average molecular weight is 275 g/mol. The number of piperidine rings is 1. The summed E-state index contributed by atoms with van der Waals surface area (Å²) in [5.41, 5.74) is 1.29. The number of aliphatic hydroxyl groups excluding tert-OH is 1. The fraction of sp³-hybridized carbons (Fsp3) is 0.588. The van der Waals surface area contributed by atoms with E-state index in [-0.39, 0.29) is 17.9 Å². The van der Waals surface area contributed by atoms with Crippen molar-refractivity contribution in [1.29, 1.82) is 0 Å². The van der Waals surface area contributed by atoms with Gasteiger partial charge >= 0.3 is 0 Å². The molecule has 1 fully saturated rings. The van der Waals surface area contributed by atoms with Gasteiger partial charge in [0.1, 0.15) is 0 Å². The Kier molecular flexibility index (Phi) is 5.60. The van der Waals surface area contributed by atoms with Crippen molar-refractivity contribution in [2.24, 2.45) is 5.92 Å². The zero-order valence-electron chi connectivity index (χ0n) is 12.3. The van der Waals surface area contributed by atoms with Crippen LogP contribution in [0.25, 0.3) is 0 Å². The number of hydrogen-bond acceptors (Lipinski definition) is 2. The molecule has 1 aromatic rings. The van der Waals surface area contributed by atoms with E-state index in [0.29, 0.717) is 13.0 Å². The Morgan fingerprint density at radius 1 is 1.35 bits per heavy atom.